The van der Waals surface area contributed by atoms with Gasteiger partial charge < -0.3 is 5.32 Å². The van der Waals surface area contributed by atoms with Crippen molar-refractivity contribution in [3.63, 3.8) is 0 Å². The Bertz CT molecular complexity index is 475. The van der Waals surface area contributed by atoms with Gasteiger partial charge in [-0.1, -0.05) is 0 Å². The van der Waals surface area contributed by atoms with Gasteiger partial charge in [-0.05, 0) is 20.8 Å². The van der Waals surface area contributed by atoms with E-state index in [2.05, 4.69) is 27.4 Å². The third-order valence-electron chi connectivity index (χ3n) is 2.13. The molecule has 16 heavy (non-hydrogen) atoms. The number of aryl methyl sites for hydroxylation is 3. The number of thiazole rings is 1. The van der Waals surface area contributed by atoms with E-state index in [0.29, 0.717) is 0 Å². The average molecular weight is 254 g/mol. The summed E-state index contributed by atoms with van der Waals surface area (Å²) in [6.07, 6.45) is 0. The zero-order valence-electron chi connectivity index (χ0n) is 9.57. The predicted octanol–water partition coefficient (Wildman–Crippen LogP) is 2.21. The van der Waals surface area contributed by atoms with Crippen LogP contribution in [0, 0.1) is 20.8 Å². The molecule has 1 N–H and O–H groups in total. The molecule has 0 spiro atoms. The molecule has 0 aliphatic rings. The zero-order valence-corrected chi connectivity index (χ0v) is 11.2. The predicted molar refractivity (Wildman–Crippen MR) is 66.8 cm³/mol. The van der Waals surface area contributed by atoms with Crippen molar-refractivity contribution in [3.05, 3.63) is 25.6 Å². The van der Waals surface area contributed by atoms with Crippen LogP contribution >= 0.6 is 22.7 Å². The van der Waals surface area contributed by atoms with E-state index in [0.717, 1.165) is 33.8 Å². The Morgan fingerprint density at radius 1 is 1.00 bits per heavy atom. The van der Waals surface area contributed by atoms with Gasteiger partial charge in [0.15, 0.2) is 0 Å². The fourth-order valence-corrected chi connectivity index (χ4v) is 3.01. The maximum absolute atomic E-state index is 4.39. The Morgan fingerprint density at radius 2 is 1.81 bits per heavy atom. The lowest BCUT2D eigenvalue weighted by Gasteiger charge is -1.99. The van der Waals surface area contributed by atoms with Gasteiger partial charge in [0.05, 0.1) is 17.2 Å². The quantitative estimate of drug-likeness (QED) is 0.909. The first-order valence-corrected chi connectivity index (χ1v) is 6.71. The van der Waals surface area contributed by atoms with Gasteiger partial charge in [0.25, 0.3) is 0 Å². The lowest BCUT2D eigenvalue weighted by molar-refractivity contribution is 0.687. The molecule has 0 aromatic carbocycles. The van der Waals surface area contributed by atoms with E-state index in [1.165, 1.54) is 4.88 Å². The normalized spacial score (nSPS) is 10.9. The van der Waals surface area contributed by atoms with Gasteiger partial charge in [-0.3, -0.25) is 0 Å². The average Bonchev–Trinajstić information content (AvgIpc) is 2.74. The lowest BCUT2D eigenvalue weighted by Crippen LogP contribution is -2.12. The van der Waals surface area contributed by atoms with E-state index in [9.17, 15) is 0 Å². The molecular weight excluding hydrogens is 240 g/mol. The highest BCUT2D eigenvalue weighted by molar-refractivity contribution is 7.11. The SMILES string of the molecule is Cc1nnc(CNCc2sc(C)nc2C)s1. The fraction of sp³-hybridized carbons (Fsp3) is 0.500. The summed E-state index contributed by atoms with van der Waals surface area (Å²) in [6, 6.07) is 0. The van der Waals surface area contributed by atoms with Crippen molar-refractivity contribution >= 4 is 22.7 Å². The number of aromatic nitrogens is 3. The summed E-state index contributed by atoms with van der Waals surface area (Å²) in [5.41, 5.74) is 1.13. The van der Waals surface area contributed by atoms with Crippen LogP contribution in [0.25, 0.3) is 0 Å². The lowest BCUT2D eigenvalue weighted by atomic mass is 10.4. The summed E-state index contributed by atoms with van der Waals surface area (Å²) in [4.78, 5) is 5.70. The Balaban J connectivity index is 1.86. The van der Waals surface area contributed by atoms with Crippen LogP contribution in [0.5, 0.6) is 0 Å². The summed E-state index contributed by atoms with van der Waals surface area (Å²) in [7, 11) is 0. The summed E-state index contributed by atoms with van der Waals surface area (Å²) >= 11 is 3.38. The van der Waals surface area contributed by atoms with Gasteiger partial charge in [0.2, 0.25) is 0 Å². The Morgan fingerprint density at radius 3 is 2.38 bits per heavy atom. The first kappa shape index (κ1) is 11.6. The van der Waals surface area contributed by atoms with Crippen molar-refractivity contribution in [1.29, 1.82) is 0 Å². The van der Waals surface area contributed by atoms with Crippen LogP contribution < -0.4 is 5.32 Å². The maximum Gasteiger partial charge on any atom is 0.131 e. The van der Waals surface area contributed by atoms with Crippen molar-refractivity contribution in [2.45, 2.75) is 33.9 Å². The number of nitrogens with zero attached hydrogens (tertiary/aromatic N) is 3. The van der Waals surface area contributed by atoms with Crippen molar-refractivity contribution in [3.8, 4) is 0 Å². The van der Waals surface area contributed by atoms with Crippen molar-refractivity contribution in [2.24, 2.45) is 0 Å². The second kappa shape index (κ2) is 4.99. The zero-order chi connectivity index (χ0) is 11.5. The molecule has 4 nitrogen and oxygen atoms in total. The minimum Gasteiger partial charge on any atom is -0.305 e. The third-order valence-corrected chi connectivity index (χ3v) is 4.04. The van der Waals surface area contributed by atoms with Gasteiger partial charge in [-0.25, -0.2) is 4.98 Å². The van der Waals surface area contributed by atoms with Crippen molar-refractivity contribution in [2.75, 3.05) is 0 Å². The smallest absolute Gasteiger partial charge is 0.131 e. The second-order valence-electron chi connectivity index (χ2n) is 3.56. The van der Waals surface area contributed by atoms with Gasteiger partial charge in [0.1, 0.15) is 10.0 Å². The molecule has 2 heterocycles. The topological polar surface area (TPSA) is 50.7 Å². The number of hydrogen-bond acceptors (Lipinski definition) is 6. The van der Waals surface area contributed by atoms with Crippen LogP contribution in [0.4, 0.5) is 0 Å². The molecule has 0 saturated carbocycles. The monoisotopic (exact) mass is 254 g/mol. The van der Waals surface area contributed by atoms with E-state index in [1.54, 1.807) is 22.7 Å². The number of nitrogens with one attached hydrogen (secondary N) is 1. The molecule has 0 saturated heterocycles. The molecule has 86 valence electrons. The molecule has 2 rings (SSSR count). The van der Waals surface area contributed by atoms with E-state index >= 15 is 0 Å². The maximum atomic E-state index is 4.39. The van der Waals surface area contributed by atoms with Crippen LogP contribution in [0.15, 0.2) is 0 Å². The molecule has 0 amide bonds. The molecule has 0 fully saturated rings. The summed E-state index contributed by atoms with van der Waals surface area (Å²) in [5.74, 6) is 0. The minimum atomic E-state index is 0.780. The Labute approximate surface area is 103 Å². The highest BCUT2D eigenvalue weighted by atomic mass is 32.1. The van der Waals surface area contributed by atoms with E-state index in [-0.39, 0.29) is 0 Å². The minimum absolute atomic E-state index is 0.780. The van der Waals surface area contributed by atoms with E-state index < -0.39 is 0 Å². The Kier molecular flexibility index (Phi) is 3.63. The molecule has 0 aliphatic carbocycles. The van der Waals surface area contributed by atoms with Crippen LogP contribution in [0.2, 0.25) is 0 Å². The van der Waals surface area contributed by atoms with E-state index in [1.807, 2.05) is 13.8 Å². The highest BCUT2D eigenvalue weighted by Crippen LogP contribution is 2.17. The molecule has 0 unspecified atom stereocenters. The fourth-order valence-electron chi connectivity index (χ4n) is 1.43. The molecule has 2 aromatic rings. The van der Waals surface area contributed by atoms with Gasteiger partial charge in [-0.2, -0.15) is 0 Å². The van der Waals surface area contributed by atoms with Crippen LogP contribution in [0.3, 0.4) is 0 Å². The number of rotatable bonds is 4. The van der Waals surface area contributed by atoms with Crippen LogP contribution in [-0.2, 0) is 13.1 Å². The molecule has 0 aliphatic heterocycles. The first-order chi connectivity index (χ1) is 7.65. The van der Waals surface area contributed by atoms with Crippen LogP contribution in [-0.4, -0.2) is 15.2 Å². The van der Waals surface area contributed by atoms with Gasteiger partial charge in [0, 0.05) is 11.4 Å². The van der Waals surface area contributed by atoms with Gasteiger partial charge >= 0.3 is 0 Å². The molecule has 6 heteroatoms. The number of hydrogen-bond donors (Lipinski definition) is 1. The second-order valence-corrected chi connectivity index (χ2v) is 6.11. The summed E-state index contributed by atoms with van der Waals surface area (Å²) in [6.45, 7) is 7.70. The molecule has 2 aromatic heterocycles. The molecule has 0 atom stereocenters. The Hall–Kier alpha value is -0.850. The summed E-state index contributed by atoms with van der Waals surface area (Å²) < 4.78 is 0. The van der Waals surface area contributed by atoms with Crippen molar-refractivity contribution in [1.82, 2.24) is 20.5 Å². The third kappa shape index (κ3) is 2.84. The van der Waals surface area contributed by atoms with E-state index in [4.69, 9.17) is 0 Å². The largest absolute Gasteiger partial charge is 0.305 e. The first-order valence-electron chi connectivity index (χ1n) is 5.08. The molecule has 0 bridgehead atoms. The van der Waals surface area contributed by atoms with Crippen LogP contribution in [0.1, 0.15) is 25.6 Å². The van der Waals surface area contributed by atoms with Crippen molar-refractivity contribution < 1.29 is 0 Å². The standard InChI is InChI=1S/C10H14N4S2/c1-6-9(15-7(2)12-6)4-11-5-10-14-13-8(3)16-10/h11H,4-5H2,1-3H3. The highest BCUT2D eigenvalue weighted by Gasteiger charge is 2.05. The van der Waals surface area contributed by atoms with Gasteiger partial charge in [-0.15, -0.1) is 32.9 Å². The summed E-state index contributed by atoms with van der Waals surface area (Å²) in [5, 5.41) is 14.6. The molecular formula is C10H14N4S2. The molecule has 0 radical (unpaired) electrons.